The van der Waals surface area contributed by atoms with E-state index in [1.807, 2.05) is 34.9 Å². The quantitative estimate of drug-likeness (QED) is 0.609. The number of methoxy groups -OCH3 is 2. The lowest BCUT2D eigenvalue weighted by Crippen LogP contribution is -2.27. The molecule has 2 aromatic heterocycles. The Kier molecular flexibility index (Phi) is 5.62. The first kappa shape index (κ1) is 19.2. The van der Waals surface area contributed by atoms with E-state index < -0.39 is 0 Å². The molecule has 0 unspecified atom stereocenters. The standard InChI is InChI=1S/C21H25N5O3/c1-15-6-4-5-7-18(15)29-17-10-11-25(13-17)21-24-23-19(14-27-2)26(21)16-8-9-20(28-3)22-12-16/h4-9,12,17H,10-11,13-14H2,1-3H3/t17-/m1/s1. The van der Waals surface area contributed by atoms with Crippen LogP contribution in [0.2, 0.25) is 0 Å². The number of ether oxygens (including phenoxy) is 3. The number of hydrogen-bond donors (Lipinski definition) is 0. The van der Waals surface area contributed by atoms with Crippen LogP contribution in [0.4, 0.5) is 5.95 Å². The molecule has 3 aromatic rings. The number of anilines is 1. The third kappa shape index (κ3) is 4.02. The maximum atomic E-state index is 6.24. The average molecular weight is 395 g/mol. The Hall–Kier alpha value is -3.13. The van der Waals surface area contributed by atoms with Crippen LogP contribution in [0.5, 0.6) is 11.6 Å². The van der Waals surface area contributed by atoms with Crippen molar-refractivity contribution in [3.63, 3.8) is 0 Å². The van der Waals surface area contributed by atoms with Crippen LogP contribution in [-0.2, 0) is 11.3 Å². The summed E-state index contributed by atoms with van der Waals surface area (Å²) in [5.74, 6) is 2.97. The fourth-order valence-electron chi connectivity index (χ4n) is 3.50. The van der Waals surface area contributed by atoms with Crippen molar-refractivity contribution in [1.29, 1.82) is 0 Å². The van der Waals surface area contributed by atoms with Crippen molar-refractivity contribution in [2.75, 3.05) is 32.2 Å². The van der Waals surface area contributed by atoms with Crippen LogP contribution in [0.25, 0.3) is 5.69 Å². The molecule has 0 radical (unpaired) electrons. The normalized spacial score (nSPS) is 16.2. The highest BCUT2D eigenvalue weighted by Gasteiger charge is 2.29. The minimum absolute atomic E-state index is 0.0983. The van der Waals surface area contributed by atoms with Gasteiger partial charge in [0.1, 0.15) is 18.5 Å². The van der Waals surface area contributed by atoms with Crippen molar-refractivity contribution in [1.82, 2.24) is 19.7 Å². The van der Waals surface area contributed by atoms with Crippen LogP contribution in [-0.4, -0.2) is 53.2 Å². The topological polar surface area (TPSA) is 74.5 Å². The largest absolute Gasteiger partial charge is 0.488 e. The molecule has 0 saturated carbocycles. The monoisotopic (exact) mass is 395 g/mol. The highest BCUT2D eigenvalue weighted by molar-refractivity contribution is 5.45. The number of rotatable bonds is 7. The summed E-state index contributed by atoms with van der Waals surface area (Å²) in [6.45, 7) is 4.00. The summed E-state index contributed by atoms with van der Waals surface area (Å²) in [6, 6.07) is 11.9. The molecule has 8 nitrogen and oxygen atoms in total. The lowest BCUT2D eigenvalue weighted by Gasteiger charge is -2.20. The van der Waals surface area contributed by atoms with E-state index in [9.17, 15) is 0 Å². The molecule has 0 N–H and O–H groups in total. The zero-order valence-electron chi connectivity index (χ0n) is 16.9. The van der Waals surface area contributed by atoms with Crippen molar-refractivity contribution < 1.29 is 14.2 Å². The first-order chi connectivity index (χ1) is 14.2. The maximum absolute atomic E-state index is 6.24. The third-order valence-electron chi connectivity index (χ3n) is 4.99. The minimum atomic E-state index is 0.0983. The molecule has 152 valence electrons. The van der Waals surface area contributed by atoms with Crippen LogP contribution in [0.3, 0.4) is 0 Å². The molecule has 1 atom stereocenters. The van der Waals surface area contributed by atoms with Gasteiger partial charge in [0.2, 0.25) is 11.8 Å². The Morgan fingerprint density at radius 3 is 2.69 bits per heavy atom. The second-order valence-corrected chi connectivity index (χ2v) is 6.98. The lowest BCUT2D eigenvalue weighted by atomic mass is 10.2. The van der Waals surface area contributed by atoms with Crippen LogP contribution < -0.4 is 14.4 Å². The second-order valence-electron chi connectivity index (χ2n) is 6.98. The van der Waals surface area contributed by atoms with Gasteiger partial charge < -0.3 is 19.1 Å². The van der Waals surface area contributed by atoms with E-state index in [1.165, 1.54) is 0 Å². The molecule has 1 saturated heterocycles. The molecule has 1 fully saturated rings. The predicted molar refractivity (Wildman–Crippen MR) is 109 cm³/mol. The van der Waals surface area contributed by atoms with Gasteiger partial charge in [-0.3, -0.25) is 4.57 Å². The summed E-state index contributed by atoms with van der Waals surface area (Å²) in [7, 11) is 3.24. The van der Waals surface area contributed by atoms with Gasteiger partial charge in [-0.2, -0.15) is 0 Å². The maximum Gasteiger partial charge on any atom is 0.232 e. The summed E-state index contributed by atoms with van der Waals surface area (Å²) in [5, 5.41) is 8.78. The fourth-order valence-corrected chi connectivity index (χ4v) is 3.50. The van der Waals surface area contributed by atoms with Gasteiger partial charge in [-0.05, 0) is 24.6 Å². The molecule has 29 heavy (non-hydrogen) atoms. The summed E-state index contributed by atoms with van der Waals surface area (Å²) in [5.41, 5.74) is 2.00. The molecule has 1 aliphatic rings. The first-order valence-corrected chi connectivity index (χ1v) is 9.60. The van der Waals surface area contributed by atoms with Gasteiger partial charge in [0, 0.05) is 26.1 Å². The van der Waals surface area contributed by atoms with E-state index in [2.05, 4.69) is 33.1 Å². The van der Waals surface area contributed by atoms with Crippen LogP contribution >= 0.6 is 0 Å². The van der Waals surface area contributed by atoms with Gasteiger partial charge in [0.25, 0.3) is 0 Å². The van der Waals surface area contributed by atoms with Crippen molar-refractivity contribution >= 4 is 5.95 Å². The molecule has 0 amide bonds. The molecule has 1 aromatic carbocycles. The van der Waals surface area contributed by atoms with E-state index in [-0.39, 0.29) is 6.10 Å². The predicted octanol–water partition coefficient (Wildman–Crippen LogP) is 2.78. The van der Waals surface area contributed by atoms with Gasteiger partial charge in [-0.25, -0.2) is 4.98 Å². The third-order valence-corrected chi connectivity index (χ3v) is 4.99. The zero-order valence-corrected chi connectivity index (χ0v) is 16.9. The molecule has 0 aliphatic carbocycles. The number of para-hydroxylation sites is 1. The van der Waals surface area contributed by atoms with E-state index >= 15 is 0 Å². The zero-order chi connectivity index (χ0) is 20.2. The minimum Gasteiger partial charge on any atom is -0.488 e. The highest BCUT2D eigenvalue weighted by Crippen LogP contribution is 2.27. The second kappa shape index (κ2) is 8.48. The van der Waals surface area contributed by atoms with Crippen molar-refractivity contribution in [3.05, 3.63) is 54.0 Å². The Morgan fingerprint density at radius 2 is 1.97 bits per heavy atom. The molecular formula is C21H25N5O3. The van der Waals surface area contributed by atoms with Crippen LogP contribution in [0.15, 0.2) is 42.6 Å². The van der Waals surface area contributed by atoms with Crippen molar-refractivity contribution in [2.24, 2.45) is 0 Å². The van der Waals surface area contributed by atoms with Crippen molar-refractivity contribution in [3.8, 4) is 17.3 Å². The Balaban J connectivity index is 1.57. The first-order valence-electron chi connectivity index (χ1n) is 9.60. The van der Waals surface area contributed by atoms with Crippen LogP contribution in [0.1, 0.15) is 17.8 Å². The molecule has 0 bridgehead atoms. The van der Waals surface area contributed by atoms with E-state index in [0.717, 1.165) is 48.3 Å². The number of nitrogens with zero attached hydrogens (tertiary/aromatic N) is 5. The number of benzene rings is 1. The van der Waals surface area contributed by atoms with Gasteiger partial charge in [-0.1, -0.05) is 18.2 Å². The van der Waals surface area contributed by atoms with E-state index in [1.54, 1.807) is 20.4 Å². The molecular weight excluding hydrogens is 370 g/mol. The number of pyridine rings is 1. The highest BCUT2D eigenvalue weighted by atomic mass is 16.5. The molecule has 4 rings (SSSR count). The Bertz CT molecular complexity index is 957. The Labute approximate surface area is 170 Å². The van der Waals surface area contributed by atoms with E-state index in [0.29, 0.717) is 12.5 Å². The number of aromatic nitrogens is 4. The average Bonchev–Trinajstić information content (AvgIpc) is 3.37. The fraction of sp³-hybridized carbons (Fsp3) is 0.381. The summed E-state index contributed by atoms with van der Waals surface area (Å²) in [6.07, 6.45) is 2.77. The van der Waals surface area contributed by atoms with Gasteiger partial charge in [0.05, 0.1) is 25.5 Å². The summed E-state index contributed by atoms with van der Waals surface area (Å²) >= 11 is 0. The van der Waals surface area contributed by atoms with E-state index in [4.69, 9.17) is 14.2 Å². The molecule has 8 heteroatoms. The SMILES string of the molecule is COCc1nnc(N2CC[C@@H](Oc3ccccc3C)C2)n1-c1ccc(OC)nc1. The summed E-state index contributed by atoms with van der Waals surface area (Å²) < 4.78 is 18.7. The van der Waals surface area contributed by atoms with Gasteiger partial charge >= 0.3 is 0 Å². The molecule has 1 aliphatic heterocycles. The van der Waals surface area contributed by atoms with Gasteiger partial charge in [-0.15, -0.1) is 10.2 Å². The van der Waals surface area contributed by atoms with Crippen molar-refractivity contribution in [2.45, 2.75) is 26.1 Å². The lowest BCUT2D eigenvalue weighted by molar-refractivity contribution is 0.176. The number of hydrogen-bond acceptors (Lipinski definition) is 7. The smallest absolute Gasteiger partial charge is 0.232 e. The number of aryl methyl sites for hydroxylation is 1. The van der Waals surface area contributed by atoms with Gasteiger partial charge in [0.15, 0.2) is 5.82 Å². The Morgan fingerprint density at radius 1 is 1.10 bits per heavy atom. The van der Waals surface area contributed by atoms with Crippen LogP contribution in [0, 0.1) is 6.92 Å². The summed E-state index contributed by atoms with van der Waals surface area (Å²) in [4.78, 5) is 6.51. The molecule has 0 spiro atoms. The molecule has 3 heterocycles.